The molecule has 16 nitrogen and oxygen atoms in total. The van der Waals surface area contributed by atoms with E-state index in [4.69, 9.17) is 15.2 Å². The Kier molecular flexibility index (Phi) is 6.40. The van der Waals surface area contributed by atoms with Crippen molar-refractivity contribution in [3.63, 3.8) is 0 Å². The normalized spacial score (nSPS) is 10.9. The van der Waals surface area contributed by atoms with Crippen molar-refractivity contribution in [3.05, 3.63) is 57.8 Å². The maximum absolute atomic E-state index is 12.9. The molecule has 2 heterocycles. The quantitative estimate of drug-likeness (QED) is 0.179. The number of nitrogens with zero attached hydrogens (tertiary/aromatic N) is 7. The Morgan fingerprint density at radius 3 is 2.44 bits per heavy atom. The van der Waals surface area contributed by atoms with Gasteiger partial charge in [-0.3, -0.25) is 14.9 Å². The van der Waals surface area contributed by atoms with Crippen molar-refractivity contribution >= 4 is 23.6 Å². The molecule has 0 radical (unpaired) electrons. The first-order chi connectivity index (χ1) is 17.3. The minimum absolute atomic E-state index is 0.0401. The summed E-state index contributed by atoms with van der Waals surface area (Å²) in [6.07, 6.45) is 1.29. The molecule has 0 unspecified atom stereocenters. The zero-order valence-electron chi connectivity index (χ0n) is 18.6. The first-order valence-electron chi connectivity index (χ1n) is 9.91. The molecular weight excluding hydrogens is 478 g/mol. The summed E-state index contributed by atoms with van der Waals surface area (Å²) >= 11 is 0. The maximum Gasteiger partial charge on any atom is 0.294 e. The molecule has 0 aliphatic rings. The van der Waals surface area contributed by atoms with Gasteiger partial charge in [0.2, 0.25) is 17.4 Å². The number of nitro benzene ring substituents is 1. The van der Waals surface area contributed by atoms with Crippen LogP contribution in [0.4, 0.5) is 11.5 Å². The lowest BCUT2D eigenvalue weighted by Crippen LogP contribution is -2.19. The van der Waals surface area contributed by atoms with E-state index >= 15 is 0 Å². The van der Waals surface area contributed by atoms with E-state index in [9.17, 15) is 20.0 Å². The van der Waals surface area contributed by atoms with Gasteiger partial charge in [0.1, 0.15) is 5.69 Å². The molecule has 36 heavy (non-hydrogen) atoms. The number of methoxy groups -OCH3 is 2. The Labute approximate surface area is 201 Å². The summed E-state index contributed by atoms with van der Waals surface area (Å²) in [5.41, 5.74) is 8.63. The molecule has 4 rings (SSSR count). The number of hydrogen-bond acceptors (Lipinski definition) is 13. The second-order valence-electron chi connectivity index (χ2n) is 6.95. The standard InChI is InChI=1S/C20H17N9O7/c1-34-13-7-10(8-14(35-2)17(13)30)9-22-24-20(31)15-16(11-3-5-12(6-4-11)29(32)33)28(27-23-15)19-18(21)25-36-26-19/h3-9,30H,1-2H3,(H2,21,25)(H,24,31)/b22-9-. The van der Waals surface area contributed by atoms with Gasteiger partial charge in [-0.15, -0.1) is 5.10 Å². The molecule has 4 N–H and O–H groups in total. The number of phenols is 1. The van der Waals surface area contributed by atoms with Crippen LogP contribution in [0, 0.1) is 10.1 Å². The second-order valence-corrected chi connectivity index (χ2v) is 6.95. The van der Waals surface area contributed by atoms with E-state index in [-0.39, 0.29) is 46.0 Å². The monoisotopic (exact) mass is 495 g/mol. The number of rotatable bonds is 8. The number of anilines is 1. The van der Waals surface area contributed by atoms with Crippen molar-refractivity contribution in [2.24, 2.45) is 5.10 Å². The van der Waals surface area contributed by atoms with Crippen LogP contribution in [0.5, 0.6) is 17.2 Å². The van der Waals surface area contributed by atoms with Crippen molar-refractivity contribution in [2.75, 3.05) is 20.0 Å². The number of benzene rings is 2. The number of hydrogen-bond donors (Lipinski definition) is 3. The van der Waals surface area contributed by atoms with Crippen LogP contribution in [0.25, 0.3) is 17.1 Å². The van der Waals surface area contributed by atoms with Crippen LogP contribution < -0.4 is 20.6 Å². The van der Waals surface area contributed by atoms with Gasteiger partial charge in [0, 0.05) is 23.3 Å². The number of aromatic nitrogens is 5. The number of nitrogen functional groups attached to an aromatic ring is 1. The zero-order chi connectivity index (χ0) is 25.8. The fourth-order valence-electron chi connectivity index (χ4n) is 3.13. The maximum atomic E-state index is 12.9. The molecule has 0 saturated heterocycles. The Balaban J connectivity index is 1.67. The Morgan fingerprint density at radius 2 is 1.89 bits per heavy atom. The first kappa shape index (κ1) is 23.6. The molecule has 4 aromatic rings. The van der Waals surface area contributed by atoms with E-state index in [1.54, 1.807) is 0 Å². The van der Waals surface area contributed by atoms with Crippen LogP contribution in [0.1, 0.15) is 16.1 Å². The largest absolute Gasteiger partial charge is 0.502 e. The van der Waals surface area contributed by atoms with E-state index in [2.05, 4.69) is 35.8 Å². The number of aromatic hydroxyl groups is 1. The van der Waals surface area contributed by atoms with Crippen LogP contribution in [0.2, 0.25) is 0 Å². The summed E-state index contributed by atoms with van der Waals surface area (Å²) in [7, 11) is 2.74. The van der Waals surface area contributed by atoms with Gasteiger partial charge in [-0.05, 0) is 34.6 Å². The van der Waals surface area contributed by atoms with E-state index < -0.39 is 10.8 Å². The number of nitrogens with one attached hydrogen (secondary N) is 1. The minimum Gasteiger partial charge on any atom is -0.502 e. The molecule has 0 aliphatic carbocycles. The molecule has 16 heteroatoms. The Bertz CT molecular complexity index is 1440. The Morgan fingerprint density at radius 1 is 1.22 bits per heavy atom. The highest BCUT2D eigenvalue weighted by Crippen LogP contribution is 2.36. The van der Waals surface area contributed by atoms with Gasteiger partial charge in [0.25, 0.3) is 11.6 Å². The number of carbonyl (C=O) groups excluding carboxylic acids is 1. The highest BCUT2D eigenvalue weighted by atomic mass is 16.6. The summed E-state index contributed by atoms with van der Waals surface area (Å²) in [6.45, 7) is 0. The van der Waals surface area contributed by atoms with Gasteiger partial charge in [0.15, 0.2) is 17.2 Å². The summed E-state index contributed by atoms with van der Waals surface area (Å²) < 4.78 is 15.9. The molecule has 0 fully saturated rings. The predicted molar refractivity (Wildman–Crippen MR) is 122 cm³/mol. The smallest absolute Gasteiger partial charge is 0.294 e. The molecule has 2 aromatic carbocycles. The van der Waals surface area contributed by atoms with Gasteiger partial charge < -0.3 is 20.3 Å². The molecule has 2 aromatic heterocycles. The van der Waals surface area contributed by atoms with E-state index in [0.717, 1.165) is 4.68 Å². The molecule has 0 bridgehead atoms. The van der Waals surface area contributed by atoms with Crippen molar-refractivity contribution in [2.45, 2.75) is 0 Å². The van der Waals surface area contributed by atoms with Crippen LogP contribution in [-0.2, 0) is 0 Å². The SMILES string of the molecule is COc1cc(/C=N\NC(=O)c2nnn(-c3nonc3N)c2-c2ccc([N+](=O)[O-])cc2)cc(OC)c1O. The minimum atomic E-state index is -0.765. The predicted octanol–water partition coefficient (Wildman–Crippen LogP) is 1.29. The highest BCUT2D eigenvalue weighted by molar-refractivity contribution is 5.99. The number of phenolic OH excluding ortho intramolecular Hbond substituents is 1. The van der Waals surface area contributed by atoms with E-state index in [1.165, 1.54) is 56.8 Å². The molecule has 1 amide bonds. The fourth-order valence-corrected chi connectivity index (χ4v) is 3.13. The number of amides is 1. The highest BCUT2D eigenvalue weighted by Gasteiger charge is 2.25. The lowest BCUT2D eigenvalue weighted by molar-refractivity contribution is -0.384. The second kappa shape index (κ2) is 9.75. The summed E-state index contributed by atoms with van der Waals surface area (Å²) in [4.78, 5) is 23.4. The lowest BCUT2D eigenvalue weighted by atomic mass is 10.1. The van der Waals surface area contributed by atoms with Gasteiger partial charge in [-0.25, -0.2) is 10.1 Å². The topological polar surface area (TPSA) is 219 Å². The lowest BCUT2D eigenvalue weighted by Gasteiger charge is -2.09. The molecule has 184 valence electrons. The van der Waals surface area contributed by atoms with Crippen molar-refractivity contribution in [3.8, 4) is 34.3 Å². The van der Waals surface area contributed by atoms with Crippen molar-refractivity contribution < 1.29 is 28.9 Å². The van der Waals surface area contributed by atoms with Crippen LogP contribution in [0.3, 0.4) is 0 Å². The van der Waals surface area contributed by atoms with Crippen molar-refractivity contribution in [1.82, 2.24) is 30.7 Å². The first-order valence-corrected chi connectivity index (χ1v) is 9.91. The molecule has 0 aliphatic heterocycles. The molecule has 0 atom stereocenters. The summed E-state index contributed by atoms with van der Waals surface area (Å²) in [5.74, 6) is -0.829. The van der Waals surface area contributed by atoms with Gasteiger partial charge in [-0.2, -0.15) is 9.78 Å². The molecule has 0 saturated carbocycles. The van der Waals surface area contributed by atoms with Crippen molar-refractivity contribution in [1.29, 1.82) is 0 Å². The number of nitro groups is 1. The summed E-state index contributed by atoms with van der Waals surface area (Å²) in [6, 6.07) is 8.28. The Hall–Kier alpha value is -5.54. The number of nitrogens with two attached hydrogens (primary N) is 1. The molecule has 0 spiro atoms. The number of hydrazone groups is 1. The third-order valence-electron chi connectivity index (χ3n) is 4.81. The number of non-ortho nitro benzene ring substituents is 1. The average Bonchev–Trinajstić information content (AvgIpc) is 3.50. The number of ether oxygens (including phenoxy) is 2. The van der Waals surface area contributed by atoms with Crippen LogP contribution in [-0.4, -0.2) is 61.7 Å². The zero-order valence-corrected chi connectivity index (χ0v) is 18.6. The third-order valence-corrected chi connectivity index (χ3v) is 4.81. The van der Waals surface area contributed by atoms with Crippen LogP contribution >= 0.6 is 0 Å². The average molecular weight is 495 g/mol. The van der Waals surface area contributed by atoms with E-state index in [1.807, 2.05) is 0 Å². The third kappa shape index (κ3) is 4.45. The van der Waals surface area contributed by atoms with Gasteiger partial charge in [-0.1, -0.05) is 5.21 Å². The van der Waals surface area contributed by atoms with Gasteiger partial charge in [0.05, 0.1) is 25.4 Å². The fraction of sp³-hybridized carbons (Fsp3) is 0.100. The van der Waals surface area contributed by atoms with Crippen LogP contribution in [0.15, 0.2) is 46.1 Å². The van der Waals surface area contributed by atoms with E-state index in [0.29, 0.717) is 11.1 Å². The van der Waals surface area contributed by atoms with Gasteiger partial charge >= 0.3 is 0 Å². The summed E-state index contributed by atoms with van der Waals surface area (Å²) in [5, 5.41) is 39.9. The number of carbonyl (C=O) groups is 1. The molecular formula is C20H17N9O7.